The maximum atomic E-state index is 12.2. The van der Waals surface area contributed by atoms with Crippen LogP contribution in [0.1, 0.15) is 52.4 Å². The van der Waals surface area contributed by atoms with E-state index in [0.717, 1.165) is 19.4 Å². The van der Waals surface area contributed by atoms with Crippen molar-refractivity contribution < 1.29 is 8.42 Å². The molecule has 0 atom stereocenters. The number of sulfonamides is 1. The molecule has 4 nitrogen and oxygen atoms in total. The van der Waals surface area contributed by atoms with Gasteiger partial charge in [0, 0.05) is 19.1 Å². The van der Waals surface area contributed by atoms with E-state index in [1.54, 1.807) is 11.4 Å². The summed E-state index contributed by atoms with van der Waals surface area (Å²) in [5.41, 5.74) is 0. The Bertz CT molecular complexity index is 322. The molecule has 0 amide bonds. The van der Waals surface area contributed by atoms with Gasteiger partial charge in [0.05, 0.1) is 5.75 Å². The highest BCUT2D eigenvalue weighted by molar-refractivity contribution is 7.89. The molecule has 0 saturated heterocycles. The monoisotopic (exact) mass is 276 g/mol. The Morgan fingerprint density at radius 3 is 2.39 bits per heavy atom. The molecule has 0 aromatic heterocycles. The SMILES string of the molecule is CC(C)NCCCS(=O)(=O)N(C)C1CCCCC1. The van der Waals surface area contributed by atoms with Gasteiger partial charge in [0.2, 0.25) is 10.0 Å². The van der Waals surface area contributed by atoms with Crippen molar-refractivity contribution in [2.45, 2.75) is 64.5 Å². The van der Waals surface area contributed by atoms with E-state index < -0.39 is 10.0 Å². The maximum absolute atomic E-state index is 12.2. The first kappa shape index (κ1) is 15.9. The second-order valence-corrected chi connectivity index (χ2v) is 7.73. The fourth-order valence-electron chi connectivity index (χ4n) is 2.46. The summed E-state index contributed by atoms with van der Waals surface area (Å²) >= 11 is 0. The van der Waals surface area contributed by atoms with Crippen LogP contribution >= 0.6 is 0 Å². The van der Waals surface area contributed by atoms with Crippen molar-refractivity contribution in [1.29, 1.82) is 0 Å². The normalized spacial score (nSPS) is 18.7. The lowest BCUT2D eigenvalue weighted by Crippen LogP contribution is -2.40. The van der Waals surface area contributed by atoms with Crippen molar-refractivity contribution in [2.24, 2.45) is 0 Å². The van der Waals surface area contributed by atoms with Crippen LogP contribution < -0.4 is 5.32 Å². The van der Waals surface area contributed by atoms with Gasteiger partial charge in [-0.05, 0) is 25.8 Å². The van der Waals surface area contributed by atoms with Crippen LogP contribution in [-0.2, 0) is 10.0 Å². The summed E-state index contributed by atoms with van der Waals surface area (Å²) in [5, 5.41) is 3.25. The Balaban J connectivity index is 2.36. The highest BCUT2D eigenvalue weighted by atomic mass is 32.2. The third-order valence-electron chi connectivity index (χ3n) is 3.66. The zero-order chi connectivity index (χ0) is 13.6. The first-order chi connectivity index (χ1) is 8.43. The first-order valence-corrected chi connectivity index (χ1v) is 8.73. The average molecular weight is 276 g/mol. The van der Waals surface area contributed by atoms with Crippen LogP contribution in [-0.4, -0.2) is 44.2 Å². The van der Waals surface area contributed by atoms with Crippen LogP contribution in [0.25, 0.3) is 0 Å². The molecule has 1 saturated carbocycles. The van der Waals surface area contributed by atoms with Gasteiger partial charge in [0.1, 0.15) is 0 Å². The van der Waals surface area contributed by atoms with Gasteiger partial charge in [0.25, 0.3) is 0 Å². The predicted molar refractivity (Wildman–Crippen MR) is 76.2 cm³/mol. The van der Waals surface area contributed by atoms with Crippen LogP contribution in [0.2, 0.25) is 0 Å². The molecule has 108 valence electrons. The van der Waals surface area contributed by atoms with E-state index in [-0.39, 0.29) is 11.8 Å². The van der Waals surface area contributed by atoms with E-state index in [9.17, 15) is 8.42 Å². The molecule has 0 radical (unpaired) electrons. The summed E-state index contributed by atoms with van der Waals surface area (Å²) in [7, 11) is -1.31. The van der Waals surface area contributed by atoms with E-state index >= 15 is 0 Å². The number of rotatable bonds is 7. The molecular formula is C13H28N2O2S. The maximum Gasteiger partial charge on any atom is 0.214 e. The Hall–Kier alpha value is -0.130. The van der Waals surface area contributed by atoms with E-state index in [4.69, 9.17) is 0 Å². The summed E-state index contributed by atoms with van der Waals surface area (Å²) in [4.78, 5) is 0. The molecule has 0 aliphatic heterocycles. The van der Waals surface area contributed by atoms with Gasteiger partial charge in [-0.15, -0.1) is 0 Å². The van der Waals surface area contributed by atoms with E-state index in [1.807, 2.05) is 0 Å². The Morgan fingerprint density at radius 1 is 1.22 bits per heavy atom. The lowest BCUT2D eigenvalue weighted by atomic mass is 9.96. The third kappa shape index (κ3) is 5.24. The van der Waals surface area contributed by atoms with E-state index in [0.29, 0.717) is 12.5 Å². The topological polar surface area (TPSA) is 49.4 Å². The summed E-state index contributed by atoms with van der Waals surface area (Å²) in [6.07, 6.45) is 6.33. The molecule has 1 aliphatic carbocycles. The highest BCUT2D eigenvalue weighted by Crippen LogP contribution is 2.23. The zero-order valence-corrected chi connectivity index (χ0v) is 12.8. The standard InChI is InChI=1S/C13H28N2O2S/c1-12(2)14-10-7-11-18(16,17)15(3)13-8-5-4-6-9-13/h12-14H,4-11H2,1-3H3. The van der Waals surface area contributed by atoms with Crippen LogP contribution in [0.5, 0.6) is 0 Å². The van der Waals surface area contributed by atoms with E-state index in [1.165, 1.54) is 19.3 Å². The van der Waals surface area contributed by atoms with Crippen molar-refractivity contribution in [3.8, 4) is 0 Å². The number of nitrogens with zero attached hydrogens (tertiary/aromatic N) is 1. The van der Waals surface area contributed by atoms with Crippen molar-refractivity contribution in [2.75, 3.05) is 19.3 Å². The van der Waals surface area contributed by atoms with Crippen LogP contribution in [0, 0.1) is 0 Å². The summed E-state index contributed by atoms with van der Waals surface area (Å²) < 4.78 is 26.0. The molecule has 0 aromatic rings. The number of hydrogen-bond acceptors (Lipinski definition) is 3. The average Bonchev–Trinajstić information content (AvgIpc) is 2.34. The molecule has 5 heteroatoms. The smallest absolute Gasteiger partial charge is 0.214 e. The second kappa shape index (κ2) is 7.46. The first-order valence-electron chi connectivity index (χ1n) is 7.12. The van der Waals surface area contributed by atoms with Crippen molar-refractivity contribution in [3.05, 3.63) is 0 Å². The molecule has 0 unspecified atom stereocenters. The third-order valence-corrected chi connectivity index (χ3v) is 5.64. The number of nitrogens with one attached hydrogen (secondary N) is 1. The zero-order valence-electron chi connectivity index (χ0n) is 12.0. The predicted octanol–water partition coefficient (Wildman–Crippen LogP) is 1.97. The van der Waals surface area contributed by atoms with Gasteiger partial charge in [-0.1, -0.05) is 33.1 Å². The fraction of sp³-hybridized carbons (Fsp3) is 1.00. The number of hydrogen-bond donors (Lipinski definition) is 1. The molecule has 0 heterocycles. The van der Waals surface area contributed by atoms with Gasteiger partial charge < -0.3 is 5.32 Å². The Kier molecular flexibility index (Phi) is 6.60. The van der Waals surface area contributed by atoms with Gasteiger partial charge >= 0.3 is 0 Å². The molecule has 1 rings (SSSR count). The van der Waals surface area contributed by atoms with Crippen molar-refractivity contribution in [3.63, 3.8) is 0 Å². The minimum Gasteiger partial charge on any atom is -0.314 e. The fourth-order valence-corrected chi connectivity index (χ4v) is 3.92. The van der Waals surface area contributed by atoms with Gasteiger partial charge in [-0.2, -0.15) is 0 Å². The summed E-state index contributed by atoms with van der Waals surface area (Å²) in [5.74, 6) is 0.264. The van der Waals surface area contributed by atoms with Crippen LogP contribution in [0.3, 0.4) is 0 Å². The minimum atomic E-state index is -3.06. The largest absolute Gasteiger partial charge is 0.314 e. The molecule has 1 N–H and O–H groups in total. The molecule has 1 aliphatic rings. The highest BCUT2D eigenvalue weighted by Gasteiger charge is 2.26. The molecule has 0 spiro atoms. The molecule has 0 aromatic carbocycles. The van der Waals surface area contributed by atoms with Crippen molar-refractivity contribution in [1.82, 2.24) is 9.62 Å². The second-order valence-electron chi connectivity index (χ2n) is 5.59. The van der Waals surface area contributed by atoms with Gasteiger partial charge in [-0.3, -0.25) is 0 Å². The summed E-state index contributed by atoms with van der Waals surface area (Å²) in [6.45, 7) is 4.92. The Labute approximate surface area is 112 Å². The van der Waals surface area contributed by atoms with Crippen LogP contribution in [0.15, 0.2) is 0 Å². The van der Waals surface area contributed by atoms with Gasteiger partial charge in [-0.25, -0.2) is 12.7 Å². The molecule has 1 fully saturated rings. The lowest BCUT2D eigenvalue weighted by Gasteiger charge is -2.30. The molecule has 0 bridgehead atoms. The molecular weight excluding hydrogens is 248 g/mol. The minimum absolute atomic E-state index is 0.238. The van der Waals surface area contributed by atoms with Gasteiger partial charge in [0.15, 0.2) is 0 Å². The molecule has 18 heavy (non-hydrogen) atoms. The van der Waals surface area contributed by atoms with E-state index in [2.05, 4.69) is 19.2 Å². The Morgan fingerprint density at radius 2 is 1.83 bits per heavy atom. The van der Waals surface area contributed by atoms with Crippen LogP contribution in [0.4, 0.5) is 0 Å². The lowest BCUT2D eigenvalue weighted by molar-refractivity contribution is 0.285. The summed E-state index contributed by atoms with van der Waals surface area (Å²) in [6, 6.07) is 0.658. The quantitative estimate of drug-likeness (QED) is 0.723. The van der Waals surface area contributed by atoms with Crippen molar-refractivity contribution >= 4 is 10.0 Å².